The van der Waals surface area contributed by atoms with Crippen molar-refractivity contribution in [2.75, 3.05) is 53.0 Å². The molecule has 0 aromatic heterocycles. The lowest BCUT2D eigenvalue weighted by Crippen LogP contribution is -2.44. The summed E-state index contributed by atoms with van der Waals surface area (Å²) >= 11 is 0. The Hall–Kier alpha value is -2.45. The van der Waals surface area contributed by atoms with Crippen molar-refractivity contribution >= 4 is 5.91 Å². The fourth-order valence-electron chi connectivity index (χ4n) is 5.71. The third-order valence-electron chi connectivity index (χ3n) is 7.54. The van der Waals surface area contributed by atoms with Crippen LogP contribution in [0.4, 0.5) is 0 Å². The smallest absolute Gasteiger partial charge is 0.257 e. The number of ether oxygens (including phenoxy) is 2. The molecule has 0 spiro atoms. The normalized spacial score (nSPS) is 21.8. The molecule has 0 saturated carbocycles. The Kier molecular flexibility index (Phi) is 7.68. The minimum Gasteiger partial charge on any atom is -0.491 e. The summed E-state index contributed by atoms with van der Waals surface area (Å²) in [6.45, 7) is 6.21. The molecule has 5 rings (SSSR count). The zero-order chi connectivity index (χ0) is 24.2. The quantitative estimate of drug-likeness (QED) is 0.628. The van der Waals surface area contributed by atoms with Crippen molar-refractivity contribution in [1.82, 2.24) is 14.7 Å². The maximum Gasteiger partial charge on any atom is 0.257 e. The molecular formula is C28H37N3O4. The molecule has 2 aromatic rings. The maximum absolute atomic E-state index is 13.3. The van der Waals surface area contributed by atoms with E-state index in [0.717, 1.165) is 51.2 Å². The van der Waals surface area contributed by atoms with Gasteiger partial charge >= 0.3 is 0 Å². The molecule has 7 heteroatoms. The summed E-state index contributed by atoms with van der Waals surface area (Å²) < 4.78 is 11.4. The number of hydrogen-bond acceptors (Lipinski definition) is 6. The van der Waals surface area contributed by atoms with Crippen LogP contribution in [0.5, 0.6) is 5.75 Å². The Balaban J connectivity index is 1.19. The van der Waals surface area contributed by atoms with Crippen LogP contribution in [0.15, 0.2) is 42.5 Å². The number of amides is 1. The van der Waals surface area contributed by atoms with E-state index in [9.17, 15) is 9.90 Å². The number of carbonyl (C=O) groups excluding carboxylic acids is 1. The highest BCUT2D eigenvalue weighted by Crippen LogP contribution is 2.27. The molecule has 188 valence electrons. The first kappa shape index (κ1) is 24.3. The van der Waals surface area contributed by atoms with Gasteiger partial charge in [-0.25, -0.2) is 0 Å². The summed E-state index contributed by atoms with van der Waals surface area (Å²) in [4.78, 5) is 19.8. The minimum atomic E-state index is -0.599. The highest BCUT2D eigenvalue weighted by molar-refractivity contribution is 5.97. The van der Waals surface area contributed by atoms with Crippen LogP contribution < -0.4 is 4.74 Å². The molecule has 0 radical (unpaired) electrons. The van der Waals surface area contributed by atoms with Crippen LogP contribution in [-0.4, -0.2) is 90.9 Å². The highest BCUT2D eigenvalue weighted by atomic mass is 16.5. The third-order valence-corrected chi connectivity index (χ3v) is 7.54. The summed E-state index contributed by atoms with van der Waals surface area (Å²) in [5.74, 6) is 0.588. The van der Waals surface area contributed by atoms with Crippen molar-refractivity contribution in [3.05, 3.63) is 64.7 Å². The average Bonchev–Trinajstić information content (AvgIpc) is 3.23. The standard InChI is InChI=1S/C28H37N3O4/c1-34-20-24-7-4-11-30(24)16-21-8-9-26-27(15-21)35-14-13-31(28(26)33)19-25(32)18-29-12-10-22-5-2-3-6-23(22)17-29/h2-3,5-6,8-9,15,24-25,32H,4,7,10-14,16-20H2,1H3/t24-,25?/m1/s1. The third kappa shape index (κ3) is 5.70. The van der Waals surface area contributed by atoms with E-state index >= 15 is 0 Å². The Labute approximate surface area is 208 Å². The number of aliphatic hydroxyl groups excluding tert-OH is 1. The number of carbonyl (C=O) groups is 1. The SMILES string of the molecule is COC[C@H]1CCCN1Cc1ccc2c(c1)OCCN(CC(O)CN1CCc3ccccc3C1)C2=O. The molecule has 35 heavy (non-hydrogen) atoms. The van der Waals surface area contributed by atoms with E-state index in [1.54, 1.807) is 12.0 Å². The molecule has 2 atom stereocenters. The van der Waals surface area contributed by atoms with Gasteiger partial charge in [-0.3, -0.25) is 14.6 Å². The molecule has 7 nitrogen and oxygen atoms in total. The van der Waals surface area contributed by atoms with E-state index in [1.807, 2.05) is 18.2 Å². The second kappa shape index (κ2) is 11.1. The van der Waals surface area contributed by atoms with Crippen LogP contribution >= 0.6 is 0 Å². The monoisotopic (exact) mass is 479 g/mol. The van der Waals surface area contributed by atoms with E-state index < -0.39 is 6.10 Å². The molecule has 3 aliphatic heterocycles. The molecule has 1 saturated heterocycles. The summed E-state index contributed by atoms with van der Waals surface area (Å²) in [5.41, 5.74) is 4.46. The Morgan fingerprint density at radius 1 is 1.11 bits per heavy atom. The van der Waals surface area contributed by atoms with Gasteiger partial charge in [0, 0.05) is 45.9 Å². The number of methoxy groups -OCH3 is 1. The average molecular weight is 480 g/mol. The highest BCUT2D eigenvalue weighted by Gasteiger charge is 2.28. The molecule has 1 amide bonds. The van der Waals surface area contributed by atoms with E-state index in [1.165, 1.54) is 17.5 Å². The summed E-state index contributed by atoms with van der Waals surface area (Å²) in [6.07, 6.45) is 2.75. The molecule has 1 N–H and O–H groups in total. The van der Waals surface area contributed by atoms with Crippen molar-refractivity contribution < 1.29 is 19.4 Å². The number of likely N-dealkylation sites (tertiary alicyclic amines) is 1. The van der Waals surface area contributed by atoms with Gasteiger partial charge in [-0.05, 0) is 54.6 Å². The molecule has 0 bridgehead atoms. The summed E-state index contributed by atoms with van der Waals surface area (Å²) in [5, 5.41) is 10.8. The number of benzene rings is 2. The lowest BCUT2D eigenvalue weighted by molar-refractivity contribution is 0.0501. The fraction of sp³-hybridized carbons (Fsp3) is 0.536. The second-order valence-electron chi connectivity index (χ2n) is 10.1. The van der Waals surface area contributed by atoms with Crippen LogP contribution in [-0.2, 0) is 24.2 Å². The molecular weight excluding hydrogens is 442 g/mol. The first-order chi connectivity index (χ1) is 17.1. The molecule has 2 aromatic carbocycles. The predicted octanol–water partition coefficient (Wildman–Crippen LogP) is 2.55. The van der Waals surface area contributed by atoms with Gasteiger partial charge in [0.2, 0.25) is 0 Å². The topological polar surface area (TPSA) is 65.5 Å². The van der Waals surface area contributed by atoms with Gasteiger partial charge in [-0.15, -0.1) is 0 Å². The van der Waals surface area contributed by atoms with Crippen LogP contribution in [0.1, 0.15) is 39.9 Å². The Bertz CT molecular complexity index is 1030. The van der Waals surface area contributed by atoms with Crippen LogP contribution in [0.2, 0.25) is 0 Å². The Morgan fingerprint density at radius 3 is 2.83 bits per heavy atom. The summed E-state index contributed by atoms with van der Waals surface area (Å²) in [7, 11) is 1.76. The van der Waals surface area contributed by atoms with Crippen molar-refractivity contribution in [2.45, 2.75) is 44.5 Å². The van der Waals surface area contributed by atoms with Gasteiger partial charge in [0.05, 0.1) is 24.8 Å². The van der Waals surface area contributed by atoms with E-state index in [4.69, 9.17) is 9.47 Å². The van der Waals surface area contributed by atoms with E-state index in [-0.39, 0.29) is 5.91 Å². The number of aliphatic hydroxyl groups is 1. The molecule has 1 fully saturated rings. The van der Waals surface area contributed by atoms with Crippen molar-refractivity contribution in [1.29, 1.82) is 0 Å². The number of nitrogens with zero attached hydrogens (tertiary/aromatic N) is 3. The Morgan fingerprint density at radius 2 is 1.97 bits per heavy atom. The molecule has 1 unspecified atom stereocenters. The van der Waals surface area contributed by atoms with E-state index in [2.05, 4.69) is 34.1 Å². The number of β-amino-alcohol motifs (C(OH)–C–C–N with tert-alkyl or cyclic N) is 1. The van der Waals surface area contributed by atoms with Crippen molar-refractivity contribution in [2.24, 2.45) is 0 Å². The van der Waals surface area contributed by atoms with Crippen molar-refractivity contribution in [3.8, 4) is 5.75 Å². The van der Waals surface area contributed by atoms with Gasteiger partial charge in [-0.1, -0.05) is 30.3 Å². The molecule has 3 heterocycles. The molecule has 0 aliphatic carbocycles. The van der Waals surface area contributed by atoms with Gasteiger partial charge in [0.25, 0.3) is 5.91 Å². The fourth-order valence-corrected chi connectivity index (χ4v) is 5.71. The van der Waals surface area contributed by atoms with Crippen LogP contribution in [0, 0.1) is 0 Å². The number of rotatable bonds is 8. The van der Waals surface area contributed by atoms with Gasteiger partial charge in [0.1, 0.15) is 12.4 Å². The first-order valence-electron chi connectivity index (χ1n) is 12.9. The first-order valence-corrected chi connectivity index (χ1v) is 12.9. The summed E-state index contributed by atoms with van der Waals surface area (Å²) in [6, 6.07) is 14.9. The minimum absolute atomic E-state index is 0.0643. The van der Waals surface area contributed by atoms with E-state index in [0.29, 0.717) is 43.6 Å². The predicted molar refractivity (Wildman–Crippen MR) is 135 cm³/mol. The van der Waals surface area contributed by atoms with Crippen LogP contribution in [0.3, 0.4) is 0 Å². The number of hydrogen-bond donors (Lipinski definition) is 1. The number of fused-ring (bicyclic) bond motifs is 2. The van der Waals surface area contributed by atoms with Crippen molar-refractivity contribution in [3.63, 3.8) is 0 Å². The maximum atomic E-state index is 13.3. The second-order valence-corrected chi connectivity index (χ2v) is 10.1. The molecule has 3 aliphatic rings. The zero-order valence-electron chi connectivity index (χ0n) is 20.7. The lowest BCUT2D eigenvalue weighted by Gasteiger charge is -2.32. The van der Waals surface area contributed by atoms with Crippen LogP contribution in [0.25, 0.3) is 0 Å². The lowest BCUT2D eigenvalue weighted by atomic mass is 10.00. The van der Waals surface area contributed by atoms with Gasteiger partial charge in [0.15, 0.2) is 0 Å². The van der Waals surface area contributed by atoms with Gasteiger partial charge in [-0.2, -0.15) is 0 Å². The van der Waals surface area contributed by atoms with Gasteiger partial charge < -0.3 is 19.5 Å². The zero-order valence-corrected chi connectivity index (χ0v) is 20.7. The largest absolute Gasteiger partial charge is 0.491 e.